The number of alkyl halides is 3. The van der Waals surface area contributed by atoms with Gasteiger partial charge in [0.25, 0.3) is 0 Å². The maximum atomic E-state index is 12.6. The van der Waals surface area contributed by atoms with Crippen LogP contribution in [0.25, 0.3) is 0 Å². The molecule has 0 aromatic carbocycles. The third kappa shape index (κ3) is 3.17. The molecule has 4 nitrogen and oxygen atoms in total. The Hall–Kier alpha value is -2.31. The van der Waals surface area contributed by atoms with Crippen LogP contribution < -0.4 is 11.1 Å². The van der Waals surface area contributed by atoms with E-state index in [0.717, 1.165) is 23.5 Å². The van der Waals surface area contributed by atoms with Crippen molar-refractivity contribution in [3.05, 3.63) is 47.5 Å². The SMILES string of the molecule is Cc1cccnc1CNc1cc(C(F)(F)F)ncc1N. The Kier molecular flexibility index (Phi) is 3.78. The van der Waals surface area contributed by atoms with Gasteiger partial charge in [0.15, 0.2) is 0 Å². The molecule has 0 radical (unpaired) electrons. The van der Waals surface area contributed by atoms with Crippen molar-refractivity contribution in [1.82, 2.24) is 9.97 Å². The lowest BCUT2D eigenvalue weighted by atomic mass is 10.2. The van der Waals surface area contributed by atoms with Gasteiger partial charge in [-0.2, -0.15) is 13.2 Å². The van der Waals surface area contributed by atoms with Gasteiger partial charge in [0, 0.05) is 6.20 Å². The fourth-order valence-corrected chi connectivity index (χ4v) is 1.66. The molecular formula is C13H13F3N4. The number of anilines is 2. The summed E-state index contributed by atoms with van der Waals surface area (Å²) in [7, 11) is 0. The number of aryl methyl sites for hydroxylation is 1. The van der Waals surface area contributed by atoms with Crippen molar-refractivity contribution in [2.75, 3.05) is 11.1 Å². The number of nitrogens with one attached hydrogen (secondary N) is 1. The van der Waals surface area contributed by atoms with Gasteiger partial charge in [0.1, 0.15) is 5.69 Å². The van der Waals surface area contributed by atoms with Gasteiger partial charge >= 0.3 is 6.18 Å². The molecule has 2 aromatic heterocycles. The van der Waals surface area contributed by atoms with Gasteiger partial charge in [-0.3, -0.25) is 4.98 Å². The Morgan fingerprint density at radius 2 is 2.05 bits per heavy atom. The highest BCUT2D eigenvalue weighted by atomic mass is 19.4. The van der Waals surface area contributed by atoms with Crippen LogP contribution in [0.2, 0.25) is 0 Å². The Morgan fingerprint density at radius 1 is 1.30 bits per heavy atom. The lowest BCUT2D eigenvalue weighted by Crippen LogP contribution is -2.11. The van der Waals surface area contributed by atoms with Crippen molar-refractivity contribution in [3.8, 4) is 0 Å². The van der Waals surface area contributed by atoms with Crippen molar-refractivity contribution in [2.45, 2.75) is 19.6 Å². The summed E-state index contributed by atoms with van der Waals surface area (Å²) in [6.07, 6.45) is -1.87. The minimum atomic E-state index is -4.49. The summed E-state index contributed by atoms with van der Waals surface area (Å²) in [5, 5.41) is 2.86. The van der Waals surface area contributed by atoms with Crippen LogP contribution >= 0.6 is 0 Å². The van der Waals surface area contributed by atoms with Gasteiger partial charge in [-0.25, -0.2) is 4.98 Å². The lowest BCUT2D eigenvalue weighted by molar-refractivity contribution is -0.141. The monoisotopic (exact) mass is 282 g/mol. The van der Waals surface area contributed by atoms with Gasteiger partial charge in [-0.1, -0.05) is 6.07 Å². The van der Waals surface area contributed by atoms with Gasteiger partial charge in [-0.15, -0.1) is 0 Å². The maximum absolute atomic E-state index is 12.6. The van der Waals surface area contributed by atoms with Gasteiger partial charge in [-0.05, 0) is 24.6 Å². The molecule has 0 unspecified atom stereocenters. The molecule has 3 N–H and O–H groups in total. The highest BCUT2D eigenvalue weighted by Gasteiger charge is 2.32. The second-order valence-corrected chi connectivity index (χ2v) is 4.28. The van der Waals surface area contributed by atoms with Crippen molar-refractivity contribution < 1.29 is 13.2 Å². The van der Waals surface area contributed by atoms with Crippen molar-refractivity contribution >= 4 is 11.4 Å². The summed E-state index contributed by atoms with van der Waals surface area (Å²) in [4.78, 5) is 7.43. The number of aromatic nitrogens is 2. The predicted molar refractivity (Wildman–Crippen MR) is 70.0 cm³/mol. The van der Waals surface area contributed by atoms with Crippen LogP contribution in [0.4, 0.5) is 24.5 Å². The molecule has 0 saturated carbocycles. The normalized spacial score (nSPS) is 11.4. The molecule has 0 spiro atoms. The van der Waals surface area contributed by atoms with E-state index in [0.29, 0.717) is 0 Å². The molecule has 0 aliphatic heterocycles. The fourth-order valence-electron chi connectivity index (χ4n) is 1.66. The van der Waals surface area contributed by atoms with Crippen molar-refractivity contribution in [2.24, 2.45) is 0 Å². The second kappa shape index (κ2) is 5.36. The molecule has 2 aromatic rings. The molecule has 2 rings (SSSR count). The summed E-state index contributed by atoms with van der Waals surface area (Å²) < 4.78 is 37.8. The van der Waals surface area contributed by atoms with Crippen LogP contribution in [0.5, 0.6) is 0 Å². The summed E-state index contributed by atoms with van der Waals surface area (Å²) >= 11 is 0. The van der Waals surface area contributed by atoms with Crippen molar-refractivity contribution in [1.29, 1.82) is 0 Å². The van der Waals surface area contributed by atoms with Gasteiger partial charge < -0.3 is 11.1 Å². The molecule has 0 aliphatic rings. The van der Waals surface area contributed by atoms with Crippen LogP contribution in [0.15, 0.2) is 30.6 Å². The maximum Gasteiger partial charge on any atom is 0.433 e. The molecule has 20 heavy (non-hydrogen) atoms. The summed E-state index contributed by atoms with van der Waals surface area (Å²) in [6, 6.07) is 4.57. The summed E-state index contributed by atoms with van der Waals surface area (Å²) in [5.74, 6) is 0. The average molecular weight is 282 g/mol. The third-order valence-electron chi connectivity index (χ3n) is 2.79. The van der Waals surface area contributed by atoms with Crippen molar-refractivity contribution in [3.63, 3.8) is 0 Å². The zero-order valence-electron chi connectivity index (χ0n) is 10.7. The van der Waals surface area contributed by atoms with E-state index in [-0.39, 0.29) is 17.9 Å². The van der Waals surface area contributed by atoms with Crippen LogP contribution in [-0.2, 0) is 12.7 Å². The van der Waals surface area contributed by atoms with E-state index in [9.17, 15) is 13.2 Å². The zero-order chi connectivity index (χ0) is 14.8. The molecule has 0 atom stereocenters. The van der Waals surface area contributed by atoms with Crippen LogP contribution in [-0.4, -0.2) is 9.97 Å². The molecule has 0 saturated heterocycles. The number of halogens is 3. The average Bonchev–Trinajstić information content (AvgIpc) is 2.38. The number of pyridine rings is 2. The standard InChI is InChI=1S/C13H13F3N4/c1-8-3-2-4-18-11(8)7-19-10-5-12(13(14,15)16)20-6-9(10)17/h2-6H,7,17H2,1H3,(H,19,20). The first-order valence-corrected chi connectivity index (χ1v) is 5.85. The second-order valence-electron chi connectivity index (χ2n) is 4.28. The van der Waals surface area contributed by atoms with E-state index >= 15 is 0 Å². The molecule has 7 heteroatoms. The molecular weight excluding hydrogens is 269 g/mol. The fraction of sp³-hybridized carbons (Fsp3) is 0.231. The van der Waals surface area contributed by atoms with E-state index in [1.54, 1.807) is 12.3 Å². The Morgan fingerprint density at radius 3 is 2.70 bits per heavy atom. The number of hydrogen-bond donors (Lipinski definition) is 2. The summed E-state index contributed by atoms with van der Waals surface area (Å²) in [5.41, 5.74) is 6.69. The highest BCUT2D eigenvalue weighted by Crippen LogP contribution is 2.31. The topological polar surface area (TPSA) is 63.8 Å². The molecule has 106 valence electrons. The Labute approximate surface area is 113 Å². The third-order valence-corrected chi connectivity index (χ3v) is 2.79. The van der Waals surface area contributed by atoms with E-state index in [4.69, 9.17) is 5.73 Å². The van der Waals surface area contributed by atoms with Crippen LogP contribution in [0.1, 0.15) is 17.0 Å². The van der Waals surface area contributed by atoms with E-state index < -0.39 is 11.9 Å². The highest BCUT2D eigenvalue weighted by molar-refractivity contribution is 5.65. The first kappa shape index (κ1) is 14.1. The summed E-state index contributed by atoms with van der Waals surface area (Å²) in [6.45, 7) is 2.17. The minimum absolute atomic E-state index is 0.159. The van der Waals surface area contributed by atoms with Gasteiger partial charge in [0.2, 0.25) is 0 Å². The van der Waals surface area contributed by atoms with Crippen LogP contribution in [0.3, 0.4) is 0 Å². The Bertz CT molecular complexity index is 611. The smallest absolute Gasteiger partial charge is 0.396 e. The quantitative estimate of drug-likeness (QED) is 0.908. The van der Waals surface area contributed by atoms with Gasteiger partial charge in [0.05, 0.1) is 29.8 Å². The number of hydrogen-bond acceptors (Lipinski definition) is 4. The van der Waals surface area contributed by atoms with E-state index in [1.807, 2.05) is 13.0 Å². The first-order valence-electron chi connectivity index (χ1n) is 5.85. The predicted octanol–water partition coefficient (Wildman–Crippen LogP) is 3.00. The largest absolute Gasteiger partial charge is 0.433 e. The van der Waals surface area contributed by atoms with Crippen LogP contribution in [0, 0.1) is 6.92 Å². The molecule has 0 amide bonds. The zero-order valence-corrected chi connectivity index (χ0v) is 10.7. The Balaban J connectivity index is 2.19. The first-order chi connectivity index (χ1) is 9.38. The number of rotatable bonds is 3. The molecule has 0 fully saturated rings. The number of nitrogens with zero attached hydrogens (tertiary/aromatic N) is 2. The van der Waals surface area contributed by atoms with E-state index in [1.165, 1.54) is 0 Å². The molecule has 0 bridgehead atoms. The number of nitrogens with two attached hydrogens (primary N) is 1. The molecule has 2 heterocycles. The lowest BCUT2D eigenvalue weighted by Gasteiger charge is -2.12. The van der Waals surface area contributed by atoms with E-state index in [2.05, 4.69) is 15.3 Å². The molecule has 0 aliphatic carbocycles. The minimum Gasteiger partial charge on any atom is -0.396 e. The number of nitrogen functional groups attached to an aromatic ring is 1.